The first-order chi connectivity index (χ1) is 12.1. The molecule has 7 nitrogen and oxygen atoms in total. The Kier molecular flexibility index (Phi) is 5.11. The van der Waals surface area contributed by atoms with E-state index in [1.807, 2.05) is 24.0 Å². The van der Waals surface area contributed by atoms with E-state index in [-0.39, 0.29) is 23.4 Å². The highest BCUT2D eigenvalue weighted by Crippen LogP contribution is 2.17. The van der Waals surface area contributed by atoms with Gasteiger partial charge in [0, 0.05) is 51.0 Å². The van der Waals surface area contributed by atoms with Gasteiger partial charge in [-0.3, -0.25) is 14.6 Å². The number of hydrogen-bond donors (Lipinski definition) is 1. The summed E-state index contributed by atoms with van der Waals surface area (Å²) in [6.07, 6.45) is 8.49. The highest BCUT2D eigenvalue weighted by molar-refractivity contribution is 5.83. The maximum absolute atomic E-state index is 12.5. The van der Waals surface area contributed by atoms with Crippen LogP contribution in [0.2, 0.25) is 0 Å². The van der Waals surface area contributed by atoms with Crippen molar-refractivity contribution in [2.75, 3.05) is 18.0 Å². The van der Waals surface area contributed by atoms with Gasteiger partial charge in [-0.2, -0.15) is 0 Å². The molecule has 0 saturated carbocycles. The molecule has 2 aromatic rings. The van der Waals surface area contributed by atoms with E-state index in [0.717, 1.165) is 24.9 Å². The maximum Gasteiger partial charge on any atom is 0.293 e. The number of rotatable bonds is 4. The summed E-state index contributed by atoms with van der Waals surface area (Å²) in [5, 5.41) is 3.11. The number of aryl methyl sites for hydroxylation is 1. The number of carbonyl (C=O) groups excluding carboxylic acids is 1. The Morgan fingerprint density at radius 2 is 2.24 bits per heavy atom. The quantitative estimate of drug-likeness (QED) is 0.900. The van der Waals surface area contributed by atoms with Crippen molar-refractivity contribution in [3.8, 4) is 0 Å². The van der Waals surface area contributed by atoms with Crippen molar-refractivity contribution in [2.24, 2.45) is 7.05 Å². The van der Waals surface area contributed by atoms with E-state index < -0.39 is 0 Å². The second kappa shape index (κ2) is 7.46. The summed E-state index contributed by atoms with van der Waals surface area (Å²) >= 11 is 0. The molecule has 1 fully saturated rings. The third-order valence-corrected chi connectivity index (χ3v) is 4.64. The molecule has 3 heterocycles. The summed E-state index contributed by atoms with van der Waals surface area (Å²) in [6.45, 7) is 3.25. The van der Waals surface area contributed by atoms with Crippen LogP contribution in [0.1, 0.15) is 31.2 Å². The number of aromatic nitrogens is 3. The van der Waals surface area contributed by atoms with Crippen LogP contribution < -0.4 is 15.8 Å². The van der Waals surface area contributed by atoms with E-state index in [4.69, 9.17) is 0 Å². The Balaban J connectivity index is 1.66. The van der Waals surface area contributed by atoms with Crippen LogP contribution in [-0.4, -0.2) is 39.6 Å². The lowest BCUT2D eigenvalue weighted by atomic mass is 10.00. The molecule has 0 aromatic carbocycles. The molecule has 0 aliphatic carbocycles. The van der Waals surface area contributed by atoms with Gasteiger partial charge in [-0.1, -0.05) is 6.07 Å². The molecule has 0 unspecified atom stereocenters. The van der Waals surface area contributed by atoms with Gasteiger partial charge in [0.15, 0.2) is 5.82 Å². The first kappa shape index (κ1) is 17.1. The van der Waals surface area contributed by atoms with Gasteiger partial charge in [-0.25, -0.2) is 4.98 Å². The third kappa shape index (κ3) is 3.87. The van der Waals surface area contributed by atoms with Crippen LogP contribution in [0.3, 0.4) is 0 Å². The standard InChI is InChI=1S/C18H23N5O2/c1-13(14-5-3-7-19-11-14)17(24)21-15-6-4-9-23(12-15)16-18(25)22(2)10-8-20-16/h3,5,7-8,10-11,13,15H,4,6,9,12H2,1-2H3,(H,21,24)/t13-,15-/m0/s1. The minimum absolute atomic E-state index is 0.00656. The minimum atomic E-state index is -0.258. The molecule has 1 amide bonds. The fourth-order valence-electron chi connectivity index (χ4n) is 3.10. The fraction of sp³-hybridized carbons (Fsp3) is 0.444. The molecule has 1 saturated heterocycles. The van der Waals surface area contributed by atoms with Crippen LogP contribution in [-0.2, 0) is 11.8 Å². The van der Waals surface area contributed by atoms with E-state index in [1.54, 1.807) is 31.8 Å². The van der Waals surface area contributed by atoms with Crippen molar-refractivity contribution in [2.45, 2.75) is 31.7 Å². The zero-order chi connectivity index (χ0) is 17.8. The zero-order valence-electron chi connectivity index (χ0n) is 14.6. The van der Waals surface area contributed by atoms with Crippen LogP contribution in [0.5, 0.6) is 0 Å². The number of hydrogen-bond acceptors (Lipinski definition) is 5. The predicted octanol–water partition coefficient (Wildman–Crippen LogP) is 1.06. The molecule has 3 rings (SSSR count). The minimum Gasteiger partial charge on any atom is -0.351 e. The number of amides is 1. The van der Waals surface area contributed by atoms with Crippen LogP contribution in [0.4, 0.5) is 5.82 Å². The first-order valence-electron chi connectivity index (χ1n) is 8.53. The van der Waals surface area contributed by atoms with E-state index >= 15 is 0 Å². The van der Waals surface area contributed by atoms with Crippen LogP contribution in [0.15, 0.2) is 41.7 Å². The molecular weight excluding hydrogens is 318 g/mol. The van der Waals surface area contributed by atoms with E-state index in [1.165, 1.54) is 4.57 Å². The normalized spacial score (nSPS) is 18.6. The molecule has 1 aliphatic heterocycles. The number of nitrogens with one attached hydrogen (secondary N) is 1. The Labute approximate surface area is 146 Å². The summed E-state index contributed by atoms with van der Waals surface area (Å²) in [5.41, 5.74) is 0.782. The van der Waals surface area contributed by atoms with Crippen molar-refractivity contribution in [3.63, 3.8) is 0 Å². The van der Waals surface area contributed by atoms with Gasteiger partial charge in [-0.05, 0) is 31.4 Å². The third-order valence-electron chi connectivity index (χ3n) is 4.64. The van der Waals surface area contributed by atoms with Gasteiger partial charge in [0.1, 0.15) is 0 Å². The molecule has 1 aliphatic rings. The van der Waals surface area contributed by atoms with Crippen LogP contribution in [0, 0.1) is 0 Å². The molecule has 7 heteroatoms. The first-order valence-corrected chi connectivity index (χ1v) is 8.53. The Morgan fingerprint density at radius 3 is 3.00 bits per heavy atom. The van der Waals surface area contributed by atoms with Gasteiger partial charge in [0.25, 0.3) is 5.56 Å². The van der Waals surface area contributed by atoms with Crippen molar-refractivity contribution < 1.29 is 4.79 Å². The number of nitrogens with zero attached hydrogens (tertiary/aromatic N) is 4. The number of pyridine rings is 1. The molecule has 2 atom stereocenters. The highest BCUT2D eigenvalue weighted by Gasteiger charge is 2.26. The topological polar surface area (TPSA) is 80.1 Å². The molecule has 0 spiro atoms. The zero-order valence-corrected chi connectivity index (χ0v) is 14.6. The fourth-order valence-corrected chi connectivity index (χ4v) is 3.10. The number of carbonyl (C=O) groups is 1. The van der Waals surface area contributed by atoms with Crippen molar-refractivity contribution >= 4 is 11.7 Å². The molecule has 2 aromatic heterocycles. The van der Waals surface area contributed by atoms with Gasteiger partial charge < -0.3 is 14.8 Å². The summed E-state index contributed by atoms with van der Waals surface area (Å²) in [7, 11) is 1.71. The second-order valence-electron chi connectivity index (χ2n) is 6.47. The largest absolute Gasteiger partial charge is 0.351 e. The second-order valence-corrected chi connectivity index (χ2v) is 6.47. The maximum atomic E-state index is 12.5. The number of anilines is 1. The van der Waals surface area contributed by atoms with Crippen molar-refractivity contribution in [3.05, 3.63) is 52.8 Å². The molecule has 0 bridgehead atoms. The summed E-state index contributed by atoms with van der Waals surface area (Å²) in [6, 6.07) is 3.74. The Hall–Kier alpha value is -2.70. The summed E-state index contributed by atoms with van der Waals surface area (Å²) in [5.74, 6) is 0.171. The average molecular weight is 341 g/mol. The van der Waals surface area contributed by atoms with Gasteiger partial charge in [-0.15, -0.1) is 0 Å². The van der Waals surface area contributed by atoms with Crippen molar-refractivity contribution in [1.82, 2.24) is 19.9 Å². The predicted molar refractivity (Wildman–Crippen MR) is 95.5 cm³/mol. The monoisotopic (exact) mass is 341 g/mol. The lowest BCUT2D eigenvalue weighted by Gasteiger charge is -2.34. The molecule has 25 heavy (non-hydrogen) atoms. The van der Waals surface area contributed by atoms with Gasteiger partial charge in [0.05, 0.1) is 5.92 Å². The summed E-state index contributed by atoms with van der Waals surface area (Å²) in [4.78, 5) is 35.1. The van der Waals surface area contributed by atoms with E-state index in [9.17, 15) is 9.59 Å². The average Bonchev–Trinajstić information content (AvgIpc) is 2.64. The highest BCUT2D eigenvalue weighted by atomic mass is 16.2. The van der Waals surface area contributed by atoms with Crippen LogP contribution >= 0.6 is 0 Å². The van der Waals surface area contributed by atoms with Gasteiger partial charge in [0.2, 0.25) is 5.91 Å². The molecular formula is C18H23N5O2. The lowest BCUT2D eigenvalue weighted by Crippen LogP contribution is -2.50. The van der Waals surface area contributed by atoms with Crippen LogP contribution in [0.25, 0.3) is 0 Å². The Bertz CT molecular complexity index is 790. The SMILES string of the molecule is C[C@H](C(=O)N[C@H]1CCCN(c2nccn(C)c2=O)C1)c1cccnc1. The molecule has 132 valence electrons. The number of piperidine rings is 1. The molecule has 1 N–H and O–H groups in total. The Morgan fingerprint density at radius 1 is 1.40 bits per heavy atom. The molecule has 0 radical (unpaired) electrons. The lowest BCUT2D eigenvalue weighted by molar-refractivity contribution is -0.123. The van der Waals surface area contributed by atoms with Gasteiger partial charge >= 0.3 is 0 Å². The summed E-state index contributed by atoms with van der Waals surface area (Å²) < 4.78 is 1.52. The van der Waals surface area contributed by atoms with E-state index in [2.05, 4.69) is 15.3 Å². The smallest absolute Gasteiger partial charge is 0.293 e. The van der Waals surface area contributed by atoms with E-state index in [0.29, 0.717) is 12.4 Å². The van der Waals surface area contributed by atoms with Crippen molar-refractivity contribution in [1.29, 1.82) is 0 Å².